The van der Waals surface area contributed by atoms with Crippen LogP contribution in [0.1, 0.15) is 32.1 Å². The van der Waals surface area contributed by atoms with Crippen molar-refractivity contribution in [1.82, 2.24) is 15.3 Å². The van der Waals surface area contributed by atoms with Crippen molar-refractivity contribution in [2.24, 2.45) is 0 Å². The normalized spacial score (nSPS) is 19.9. The van der Waals surface area contributed by atoms with Crippen molar-refractivity contribution >= 4 is 22.4 Å². The summed E-state index contributed by atoms with van der Waals surface area (Å²) in [5.74, 6) is 2.11. The zero-order valence-electron chi connectivity index (χ0n) is 13.6. The number of rotatable bonds is 3. The average Bonchev–Trinajstić information content (AvgIpc) is 2.63. The van der Waals surface area contributed by atoms with Crippen LogP contribution in [0.2, 0.25) is 0 Å². The molecule has 0 radical (unpaired) electrons. The minimum absolute atomic E-state index is 0.524. The lowest BCUT2D eigenvalue weighted by atomic mass is 10.1. The minimum atomic E-state index is 0.524. The summed E-state index contributed by atoms with van der Waals surface area (Å²) in [5, 5.41) is 9.41. The van der Waals surface area contributed by atoms with Gasteiger partial charge in [-0.05, 0) is 57.3 Å². The standard InChI is InChI=1S/C18H25N5/c1-2-10-23(11-3-1)18-16-12-17(21-13-14(16)4-9-20-18)22-15-5-7-19-8-6-15/h4,9,12-13,15,19H,1-3,5-8,10-11H2,(H,21,22). The Morgan fingerprint density at radius 3 is 2.74 bits per heavy atom. The van der Waals surface area contributed by atoms with Crippen LogP contribution in [0.4, 0.5) is 11.6 Å². The molecule has 0 aliphatic carbocycles. The highest BCUT2D eigenvalue weighted by Crippen LogP contribution is 2.28. The third-order valence-electron chi connectivity index (χ3n) is 4.97. The fourth-order valence-electron chi connectivity index (χ4n) is 3.66. The van der Waals surface area contributed by atoms with E-state index in [2.05, 4.69) is 37.6 Å². The van der Waals surface area contributed by atoms with Crippen molar-refractivity contribution in [1.29, 1.82) is 0 Å². The molecule has 0 spiro atoms. The van der Waals surface area contributed by atoms with Crippen molar-refractivity contribution in [2.45, 2.75) is 38.1 Å². The quantitative estimate of drug-likeness (QED) is 0.913. The van der Waals surface area contributed by atoms with E-state index >= 15 is 0 Å². The van der Waals surface area contributed by atoms with Gasteiger partial charge in [0.1, 0.15) is 11.6 Å². The molecule has 5 heteroatoms. The second kappa shape index (κ2) is 6.71. The van der Waals surface area contributed by atoms with Crippen molar-refractivity contribution < 1.29 is 0 Å². The van der Waals surface area contributed by atoms with Gasteiger partial charge in [0.15, 0.2) is 0 Å². The maximum atomic E-state index is 4.68. The van der Waals surface area contributed by atoms with Gasteiger partial charge in [-0.2, -0.15) is 0 Å². The Hall–Kier alpha value is -1.88. The Kier molecular flexibility index (Phi) is 4.28. The lowest BCUT2D eigenvalue weighted by Gasteiger charge is -2.29. The first kappa shape index (κ1) is 14.7. The van der Waals surface area contributed by atoms with Gasteiger partial charge in [-0.1, -0.05) is 0 Å². The van der Waals surface area contributed by atoms with Crippen LogP contribution >= 0.6 is 0 Å². The SMILES string of the molecule is c1cc2cnc(NC3CCNCC3)cc2c(N2CCCCC2)n1. The molecule has 2 aliphatic heterocycles. The Balaban J connectivity index is 1.63. The number of hydrogen-bond acceptors (Lipinski definition) is 5. The van der Waals surface area contributed by atoms with Gasteiger partial charge in [-0.3, -0.25) is 0 Å². The molecule has 2 N–H and O–H groups in total. The number of nitrogens with zero attached hydrogens (tertiary/aromatic N) is 3. The van der Waals surface area contributed by atoms with E-state index in [0.29, 0.717) is 6.04 Å². The second-order valence-electron chi connectivity index (χ2n) is 6.64. The molecule has 2 saturated heterocycles. The number of anilines is 2. The van der Waals surface area contributed by atoms with E-state index in [1.165, 1.54) is 30.0 Å². The van der Waals surface area contributed by atoms with Gasteiger partial charge in [0.05, 0.1) is 0 Å². The molecule has 122 valence electrons. The Morgan fingerprint density at radius 1 is 1.09 bits per heavy atom. The zero-order valence-corrected chi connectivity index (χ0v) is 13.6. The third-order valence-corrected chi connectivity index (χ3v) is 4.97. The van der Waals surface area contributed by atoms with Gasteiger partial charge in [0.25, 0.3) is 0 Å². The molecule has 0 atom stereocenters. The van der Waals surface area contributed by atoms with Gasteiger partial charge < -0.3 is 15.5 Å². The monoisotopic (exact) mass is 311 g/mol. The first-order valence-corrected chi connectivity index (χ1v) is 8.87. The molecule has 4 heterocycles. The highest BCUT2D eigenvalue weighted by Gasteiger charge is 2.17. The van der Waals surface area contributed by atoms with E-state index < -0.39 is 0 Å². The van der Waals surface area contributed by atoms with Crippen LogP contribution < -0.4 is 15.5 Å². The molecule has 2 fully saturated rings. The fraction of sp³-hybridized carbons (Fsp3) is 0.556. The molecule has 5 nitrogen and oxygen atoms in total. The van der Waals surface area contributed by atoms with Crippen molar-refractivity contribution in [2.75, 3.05) is 36.4 Å². The maximum absolute atomic E-state index is 4.68. The van der Waals surface area contributed by atoms with Crippen LogP contribution in [-0.4, -0.2) is 42.2 Å². The molecule has 2 aromatic rings. The van der Waals surface area contributed by atoms with E-state index in [9.17, 15) is 0 Å². The zero-order chi connectivity index (χ0) is 15.5. The number of nitrogens with one attached hydrogen (secondary N) is 2. The van der Waals surface area contributed by atoms with E-state index in [4.69, 9.17) is 0 Å². The number of hydrogen-bond donors (Lipinski definition) is 2. The molecule has 0 aromatic carbocycles. The van der Waals surface area contributed by atoms with Crippen molar-refractivity contribution in [3.63, 3.8) is 0 Å². The summed E-state index contributed by atoms with van der Waals surface area (Å²) in [6, 6.07) is 4.77. The molecule has 23 heavy (non-hydrogen) atoms. The van der Waals surface area contributed by atoms with E-state index in [1.807, 2.05) is 12.4 Å². The number of fused-ring (bicyclic) bond motifs is 1. The van der Waals surface area contributed by atoms with Crippen LogP contribution in [0.3, 0.4) is 0 Å². The Bertz CT molecular complexity index is 660. The summed E-state index contributed by atoms with van der Waals surface area (Å²) in [7, 11) is 0. The number of piperidine rings is 2. The van der Waals surface area contributed by atoms with Crippen LogP contribution in [-0.2, 0) is 0 Å². The largest absolute Gasteiger partial charge is 0.367 e. The predicted octanol–water partition coefficient (Wildman–Crippen LogP) is 2.78. The highest BCUT2D eigenvalue weighted by molar-refractivity contribution is 5.93. The van der Waals surface area contributed by atoms with Gasteiger partial charge in [0, 0.05) is 42.3 Å². The molecule has 0 saturated carbocycles. The first-order valence-electron chi connectivity index (χ1n) is 8.87. The lowest BCUT2D eigenvalue weighted by molar-refractivity contribution is 0.478. The highest BCUT2D eigenvalue weighted by atomic mass is 15.2. The number of aromatic nitrogens is 2. The van der Waals surface area contributed by atoms with Gasteiger partial charge in [-0.15, -0.1) is 0 Å². The van der Waals surface area contributed by atoms with Crippen molar-refractivity contribution in [3.05, 3.63) is 24.5 Å². The maximum Gasteiger partial charge on any atom is 0.136 e. The van der Waals surface area contributed by atoms with Gasteiger partial charge in [0.2, 0.25) is 0 Å². The second-order valence-corrected chi connectivity index (χ2v) is 6.64. The molecule has 4 rings (SSSR count). The summed E-state index contributed by atoms with van der Waals surface area (Å²) in [6.07, 6.45) is 10.1. The lowest BCUT2D eigenvalue weighted by Crippen LogP contribution is -2.35. The van der Waals surface area contributed by atoms with Gasteiger partial charge in [-0.25, -0.2) is 9.97 Å². The molecular weight excluding hydrogens is 286 g/mol. The van der Waals surface area contributed by atoms with Crippen molar-refractivity contribution in [3.8, 4) is 0 Å². The van der Waals surface area contributed by atoms with E-state index in [0.717, 1.165) is 50.7 Å². The molecule has 0 amide bonds. The summed E-state index contributed by atoms with van der Waals surface area (Å²) in [5.41, 5.74) is 0. The average molecular weight is 311 g/mol. The molecule has 2 aliphatic rings. The van der Waals surface area contributed by atoms with E-state index in [-0.39, 0.29) is 0 Å². The number of pyridine rings is 2. The predicted molar refractivity (Wildman–Crippen MR) is 95.1 cm³/mol. The summed E-state index contributed by atoms with van der Waals surface area (Å²) >= 11 is 0. The molecule has 2 aromatic heterocycles. The molecule has 0 bridgehead atoms. The topological polar surface area (TPSA) is 53.1 Å². The van der Waals surface area contributed by atoms with Crippen LogP contribution in [0.25, 0.3) is 10.8 Å². The fourth-order valence-corrected chi connectivity index (χ4v) is 3.66. The van der Waals surface area contributed by atoms with Gasteiger partial charge >= 0.3 is 0 Å². The summed E-state index contributed by atoms with van der Waals surface area (Å²) in [4.78, 5) is 11.7. The molecule has 0 unspecified atom stereocenters. The first-order chi connectivity index (χ1) is 11.4. The van der Waals surface area contributed by atoms with Crippen LogP contribution in [0.15, 0.2) is 24.5 Å². The molecular formula is C18H25N5. The minimum Gasteiger partial charge on any atom is -0.367 e. The van der Waals surface area contributed by atoms with E-state index in [1.54, 1.807) is 0 Å². The third kappa shape index (κ3) is 3.24. The Morgan fingerprint density at radius 2 is 1.91 bits per heavy atom. The van der Waals surface area contributed by atoms with Crippen LogP contribution in [0, 0.1) is 0 Å². The summed E-state index contributed by atoms with van der Waals surface area (Å²) in [6.45, 7) is 4.41. The summed E-state index contributed by atoms with van der Waals surface area (Å²) < 4.78 is 0. The Labute approximate surface area is 137 Å². The smallest absolute Gasteiger partial charge is 0.136 e. The van der Waals surface area contributed by atoms with Crippen LogP contribution in [0.5, 0.6) is 0 Å².